The maximum atomic E-state index is 9.94. The predicted molar refractivity (Wildman–Crippen MR) is 128 cm³/mol. The van der Waals surface area contributed by atoms with Crippen molar-refractivity contribution < 1.29 is 9.77 Å². The maximum Gasteiger partial charge on any atom is 0.240 e. The van der Waals surface area contributed by atoms with Crippen LogP contribution in [-0.4, -0.2) is 10.9 Å². The second-order valence-electron chi connectivity index (χ2n) is 7.71. The van der Waals surface area contributed by atoms with Crippen molar-refractivity contribution in [1.29, 1.82) is 0 Å². The largest absolute Gasteiger partial charge is 0.410 e. The lowest BCUT2D eigenvalue weighted by Gasteiger charge is -2.21. The Kier molecular flexibility index (Phi) is 5.39. The van der Waals surface area contributed by atoms with Crippen LogP contribution in [0, 0.1) is 0 Å². The summed E-state index contributed by atoms with van der Waals surface area (Å²) in [6.45, 7) is 0. The number of hydrogen-bond acceptors (Lipinski definition) is 2. The van der Waals surface area contributed by atoms with Crippen LogP contribution < -0.4 is 4.57 Å². The SMILES string of the molecule is O/N=C1\CCCc2c(-c3ccccc3)cc(-c3ccccc3)[n+](-c3ccc(Br)cc3)c21. The summed E-state index contributed by atoms with van der Waals surface area (Å²) in [6, 6.07) is 31.5. The second kappa shape index (κ2) is 8.48. The van der Waals surface area contributed by atoms with Gasteiger partial charge in [-0.3, -0.25) is 0 Å². The Morgan fingerprint density at radius 2 is 1.42 bits per heavy atom. The highest BCUT2D eigenvalue weighted by Crippen LogP contribution is 2.34. The fraction of sp³-hybridized carbons (Fsp3) is 0.111. The fourth-order valence-electron chi connectivity index (χ4n) is 4.43. The van der Waals surface area contributed by atoms with Gasteiger partial charge in [0.05, 0.1) is 0 Å². The van der Waals surface area contributed by atoms with Crippen molar-refractivity contribution in [3.63, 3.8) is 0 Å². The van der Waals surface area contributed by atoms with Crippen LogP contribution in [0.2, 0.25) is 0 Å². The van der Waals surface area contributed by atoms with Gasteiger partial charge in [0.15, 0.2) is 5.71 Å². The van der Waals surface area contributed by atoms with E-state index in [-0.39, 0.29) is 0 Å². The third kappa shape index (κ3) is 3.68. The summed E-state index contributed by atoms with van der Waals surface area (Å²) in [5.74, 6) is 0. The van der Waals surface area contributed by atoms with Crippen molar-refractivity contribution in [2.24, 2.45) is 5.16 Å². The average molecular weight is 470 g/mol. The standard InChI is InChI=1S/C27H21BrN2O/c28-21-14-16-22(17-15-21)30-26(20-10-5-2-6-11-20)18-24(19-8-3-1-4-9-19)23-12-7-13-25(29-31)27(23)30/h1-6,8-11,14-18H,7,12-13H2/p+1. The van der Waals surface area contributed by atoms with Crippen LogP contribution in [0.3, 0.4) is 0 Å². The summed E-state index contributed by atoms with van der Waals surface area (Å²) >= 11 is 3.55. The molecule has 0 aliphatic heterocycles. The molecular weight excluding hydrogens is 448 g/mol. The van der Waals surface area contributed by atoms with Crippen molar-refractivity contribution in [3.05, 3.63) is 107 Å². The van der Waals surface area contributed by atoms with E-state index in [1.54, 1.807) is 0 Å². The molecule has 1 N–H and O–H groups in total. The minimum absolute atomic E-state index is 0.735. The number of oxime groups is 1. The zero-order chi connectivity index (χ0) is 21.2. The molecule has 4 heteroatoms. The summed E-state index contributed by atoms with van der Waals surface area (Å²) in [6.07, 6.45) is 2.67. The van der Waals surface area contributed by atoms with E-state index in [4.69, 9.17) is 0 Å². The van der Waals surface area contributed by atoms with Crippen molar-refractivity contribution in [3.8, 4) is 28.1 Å². The fourth-order valence-corrected chi connectivity index (χ4v) is 4.70. The molecule has 3 nitrogen and oxygen atoms in total. The first-order valence-electron chi connectivity index (χ1n) is 10.5. The molecule has 0 radical (unpaired) electrons. The van der Waals surface area contributed by atoms with Gasteiger partial charge in [0.1, 0.15) is 0 Å². The number of halogens is 1. The van der Waals surface area contributed by atoms with Gasteiger partial charge in [0.2, 0.25) is 17.1 Å². The number of fused-ring (bicyclic) bond motifs is 1. The Morgan fingerprint density at radius 3 is 2.06 bits per heavy atom. The molecule has 1 aromatic heterocycles. The first-order valence-corrected chi connectivity index (χ1v) is 11.3. The van der Waals surface area contributed by atoms with Gasteiger partial charge in [0.25, 0.3) is 0 Å². The van der Waals surface area contributed by atoms with Gasteiger partial charge >= 0.3 is 0 Å². The van der Waals surface area contributed by atoms with E-state index in [2.05, 4.69) is 92.4 Å². The molecular formula is C27H22BrN2O+. The molecule has 31 heavy (non-hydrogen) atoms. The third-order valence-corrected chi connectivity index (χ3v) is 6.36. The van der Waals surface area contributed by atoms with Gasteiger partial charge in [-0.2, -0.15) is 4.57 Å². The zero-order valence-corrected chi connectivity index (χ0v) is 18.6. The van der Waals surface area contributed by atoms with Crippen molar-refractivity contribution >= 4 is 21.6 Å². The zero-order valence-electron chi connectivity index (χ0n) is 17.0. The molecule has 152 valence electrons. The Balaban J connectivity index is 1.91. The van der Waals surface area contributed by atoms with E-state index < -0.39 is 0 Å². The summed E-state index contributed by atoms with van der Waals surface area (Å²) in [7, 11) is 0. The molecule has 0 unspecified atom stereocenters. The van der Waals surface area contributed by atoms with E-state index in [1.807, 2.05) is 24.3 Å². The molecule has 5 rings (SSSR count). The topological polar surface area (TPSA) is 36.5 Å². The molecule has 1 heterocycles. The predicted octanol–water partition coefficient (Wildman–Crippen LogP) is 6.57. The highest BCUT2D eigenvalue weighted by Gasteiger charge is 2.34. The molecule has 3 aromatic carbocycles. The van der Waals surface area contributed by atoms with Crippen LogP contribution in [0.1, 0.15) is 24.1 Å². The van der Waals surface area contributed by atoms with Crippen molar-refractivity contribution in [2.75, 3.05) is 0 Å². The lowest BCUT2D eigenvalue weighted by molar-refractivity contribution is -0.586. The van der Waals surface area contributed by atoms with Gasteiger partial charge in [-0.05, 0) is 48.2 Å². The van der Waals surface area contributed by atoms with Crippen LogP contribution in [0.25, 0.3) is 28.1 Å². The van der Waals surface area contributed by atoms with E-state index in [0.29, 0.717) is 0 Å². The van der Waals surface area contributed by atoms with Crippen LogP contribution in [0.4, 0.5) is 0 Å². The van der Waals surface area contributed by atoms with Crippen LogP contribution in [-0.2, 0) is 6.42 Å². The van der Waals surface area contributed by atoms with Crippen molar-refractivity contribution in [2.45, 2.75) is 19.3 Å². The van der Waals surface area contributed by atoms with E-state index in [1.165, 1.54) is 16.7 Å². The number of benzene rings is 3. The smallest absolute Gasteiger partial charge is 0.240 e. The molecule has 0 atom stereocenters. The molecule has 0 saturated heterocycles. The highest BCUT2D eigenvalue weighted by atomic mass is 79.9. The van der Waals surface area contributed by atoms with Crippen LogP contribution in [0.5, 0.6) is 0 Å². The van der Waals surface area contributed by atoms with Crippen LogP contribution in [0.15, 0.2) is 101 Å². The summed E-state index contributed by atoms with van der Waals surface area (Å²) in [4.78, 5) is 0. The van der Waals surface area contributed by atoms with Crippen molar-refractivity contribution in [1.82, 2.24) is 0 Å². The minimum atomic E-state index is 0.735. The Hall–Kier alpha value is -3.24. The first kappa shape index (κ1) is 19.7. The van der Waals surface area contributed by atoms with Gasteiger partial charge in [-0.25, -0.2) is 0 Å². The first-order chi connectivity index (χ1) is 15.3. The van der Waals surface area contributed by atoms with Gasteiger partial charge in [-0.15, -0.1) is 0 Å². The highest BCUT2D eigenvalue weighted by molar-refractivity contribution is 9.10. The lowest BCUT2D eigenvalue weighted by atomic mass is 9.86. The summed E-state index contributed by atoms with van der Waals surface area (Å²) < 4.78 is 3.28. The third-order valence-electron chi connectivity index (χ3n) is 5.83. The summed E-state index contributed by atoms with van der Waals surface area (Å²) in [5, 5.41) is 13.7. The number of pyridine rings is 1. The van der Waals surface area contributed by atoms with E-state index in [9.17, 15) is 5.21 Å². The monoisotopic (exact) mass is 469 g/mol. The van der Waals surface area contributed by atoms with E-state index >= 15 is 0 Å². The minimum Gasteiger partial charge on any atom is -0.410 e. The number of nitrogens with zero attached hydrogens (tertiary/aromatic N) is 2. The molecule has 1 aliphatic carbocycles. The second-order valence-corrected chi connectivity index (χ2v) is 8.63. The molecule has 0 fully saturated rings. The Bertz CT molecular complexity index is 1250. The quantitative estimate of drug-likeness (QED) is 0.205. The number of rotatable bonds is 3. The van der Waals surface area contributed by atoms with Crippen LogP contribution >= 0.6 is 15.9 Å². The van der Waals surface area contributed by atoms with Gasteiger partial charge in [0, 0.05) is 40.2 Å². The van der Waals surface area contributed by atoms with E-state index in [0.717, 1.165) is 52.1 Å². The summed E-state index contributed by atoms with van der Waals surface area (Å²) in [5.41, 5.74) is 8.57. The molecule has 4 aromatic rings. The van der Waals surface area contributed by atoms with Gasteiger partial charge in [-0.1, -0.05) is 69.6 Å². The molecule has 0 saturated carbocycles. The normalized spacial score (nSPS) is 14.4. The molecule has 1 aliphatic rings. The number of hydrogen-bond donors (Lipinski definition) is 1. The maximum absolute atomic E-state index is 9.94. The number of aromatic nitrogens is 1. The lowest BCUT2D eigenvalue weighted by Crippen LogP contribution is -2.43. The molecule has 0 amide bonds. The van der Waals surface area contributed by atoms with Gasteiger partial charge < -0.3 is 5.21 Å². The molecule has 0 spiro atoms. The molecule has 0 bridgehead atoms. The Labute approximate surface area is 190 Å². The average Bonchev–Trinajstić information content (AvgIpc) is 2.84. The Morgan fingerprint density at radius 1 is 0.774 bits per heavy atom.